The summed E-state index contributed by atoms with van der Waals surface area (Å²) >= 11 is 1.50. The molecule has 0 aliphatic rings. The zero-order chi connectivity index (χ0) is 31.4. The number of hydrogen-bond donors (Lipinski definition) is 0. The zero-order valence-corrected chi connectivity index (χ0v) is 29.0. The highest BCUT2D eigenvalue weighted by molar-refractivity contribution is 7.93. The highest BCUT2D eigenvalue weighted by atomic mass is 32.2. The summed E-state index contributed by atoms with van der Waals surface area (Å²) in [4.78, 5) is 24.5. The number of benzene rings is 1. The molecule has 43 heavy (non-hydrogen) atoms. The van der Waals surface area contributed by atoms with Crippen molar-refractivity contribution in [1.29, 1.82) is 0 Å². The molecule has 0 heterocycles. The van der Waals surface area contributed by atoms with Crippen molar-refractivity contribution in [3.8, 4) is 5.75 Å². The summed E-state index contributed by atoms with van der Waals surface area (Å²) < 4.78 is 17.0. The predicted octanol–water partition coefficient (Wildman–Crippen LogP) is 11.6. The quantitative estimate of drug-likeness (QED) is 0.0384. The van der Waals surface area contributed by atoms with Gasteiger partial charge in [-0.25, -0.2) is 0 Å². The minimum atomic E-state index is -0.186. The van der Waals surface area contributed by atoms with Crippen LogP contribution in [0.5, 0.6) is 5.75 Å². The van der Waals surface area contributed by atoms with Crippen molar-refractivity contribution in [2.45, 2.75) is 174 Å². The molecule has 0 saturated heterocycles. The molecule has 0 aliphatic heterocycles. The first kappa shape index (κ1) is 39.5. The number of carbonyl (C=O) groups excluding carboxylic acids is 2. The number of hydrogen-bond acceptors (Lipinski definition) is 6. The second-order valence-corrected chi connectivity index (χ2v) is 12.9. The number of rotatable bonds is 29. The summed E-state index contributed by atoms with van der Waals surface area (Å²) in [6, 6.07) is 7.73. The molecule has 0 amide bonds. The van der Waals surface area contributed by atoms with Crippen LogP contribution < -0.4 is 4.74 Å². The Bertz CT molecular complexity index is 797. The zero-order valence-electron chi connectivity index (χ0n) is 28.2. The van der Waals surface area contributed by atoms with E-state index in [9.17, 15) is 9.59 Å². The number of unbranched alkanes of at least 4 members (excludes halogenated alkanes) is 11. The summed E-state index contributed by atoms with van der Waals surface area (Å²) in [6.45, 7) is 9.67. The Labute approximate surface area is 269 Å². The van der Waals surface area contributed by atoms with Gasteiger partial charge in [-0.1, -0.05) is 123 Å². The lowest BCUT2D eigenvalue weighted by Crippen LogP contribution is -2.17. The van der Waals surface area contributed by atoms with E-state index in [2.05, 4.69) is 27.7 Å². The summed E-state index contributed by atoms with van der Waals surface area (Å²) in [6.07, 6.45) is 22.7. The van der Waals surface area contributed by atoms with Gasteiger partial charge in [0, 0.05) is 18.6 Å². The molecule has 2 unspecified atom stereocenters. The molecule has 0 aliphatic carbocycles. The lowest BCUT2D eigenvalue weighted by Gasteiger charge is -2.16. The number of carbonyl (C=O) groups is 2. The van der Waals surface area contributed by atoms with Gasteiger partial charge in [0.2, 0.25) is 0 Å². The largest absolute Gasteiger partial charge is 0.462 e. The fourth-order valence-electron chi connectivity index (χ4n) is 5.27. The van der Waals surface area contributed by atoms with Crippen molar-refractivity contribution < 1.29 is 23.2 Å². The Morgan fingerprint density at radius 1 is 0.651 bits per heavy atom. The van der Waals surface area contributed by atoms with Gasteiger partial charge in [-0.05, 0) is 74.2 Å². The Kier molecular flexibility index (Phi) is 25.7. The molecule has 0 N–H and O–H groups in total. The topological polar surface area (TPSA) is 61.8 Å². The average Bonchev–Trinajstić information content (AvgIpc) is 3.01. The number of esters is 2. The van der Waals surface area contributed by atoms with Gasteiger partial charge in [-0.3, -0.25) is 9.59 Å². The maximum absolute atomic E-state index is 12.2. The second kappa shape index (κ2) is 28.0. The number of ether oxygens (including phenoxy) is 2. The predicted molar refractivity (Wildman–Crippen MR) is 182 cm³/mol. The molecule has 0 aromatic heterocycles. The molecule has 0 radical (unpaired) electrons. The van der Waals surface area contributed by atoms with Gasteiger partial charge in [0.05, 0.1) is 6.61 Å². The smallest absolute Gasteiger partial charge is 0.311 e. The second-order valence-electron chi connectivity index (χ2n) is 12.1. The maximum atomic E-state index is 12.2. The van der Waals surface area contributed by atoms with Gasteiger partial charge in [0.25, 0.3) is 0 Å². The van der Waals surface area contributed by atoms with E-state index in [-0.39, 0.29) is 18.0 Å². The van der Waals surface area contributed by atoms with Crippen LogP contribution in [0.25, 0.3) is 0 Å². The molecule has 0 fully saturated rings. The summed E-state index contributed by atoms with van der Waals surface area (Å²) in [5.74, 6) is 1.91. The SMILES string of the molecule is CCCCCCCCC(CC)OC(=O)CCCCCCCC(=O)Oc1ccc(CSOCCC(CC)CCCCC)cc1. The van der Waals surface area contributed by atoms with E-state index in [0.29, 0.717) is 18.6 Å². The Hall–Kier alpha value is -1.53. The van der Waals surface area contributed by atoms with Crippen LogP contribution in [-0.2, 0) is 24.3 Å². The van der Waals surface area contributed by atoms with E-state index in [1.165, 1.54) is 76.3 Å². The third-order valence-corrected chi connectivity index (χ3v) is 9.05. The fourth-order valence-corrected chi connectivity index (χ4v) is 5.89. The third-order valence-electron chi connectivity index (χ3n) is 8.26. The Morgan fingerprint density at radius 3 is 1.88 bits per heavy atom. The molecule has 2 atom stereocenters. The van der Waals surface area contributed by atoms with Crippen molar-refractivity contribution in [2.75, 3.05) is 6.61 Å². The van der Waals surface area contributed by atoms with E-state index in [1.54, 1.807) is 0 Å². The van der Waals surface area contributed by atoms with Gasteiger partial charge < -0.3 is 13.7 Å². The van der Waals surface area contributed by atoms with Crippen molar-refractivity contribution in [2.24, 2.45) is 5.92 Å². The van der Waals surface area contributed by atoms with Gasteiger partial charge in [-0.2, -0.15) is 0 Å². The molecule has 248 valence electrons. The molecule has 0 saturated carbocycles. The molecule has 0 bridgehead atoms. The van der Waals surface area contributed by atoms with Gasteiger partial charge >= 0.3 is 11.9 Å². The van der Waals surface area contributed by atoms with Crippen molar-refractivity contribution in [3.63, 3.8) is 0 Å². The first-order valence-corrected chi connectivity index (χ1v) is 18.7. The highest BCUT2D eigenvalue weighted by Crippen LogP contribution is 2.22. The van der Waals surface area contributed by atoms with Crippen LogP contribution in [0, 0.1) is 5.92 Å². The van der Waals surface area contributed by atoms with Crippen LogP contribution in [0.1, 0.15) is 168 Å². The molecular weight excluding hydrogens is 556 g/mol. The molecule has 1 rings (SSSR count). The summed E-state index contributed by atoms with van der Waals surface area (Å²) in [5.41, 5.74) is 1.16. The fraction of sp³-hybridized carbons (Fsp3) is 0.784. The lowest BCUT2D eigenvalue weighted by molar-refractivity contribution is -0.149. The van der Waals surface area contributed by atoms with E-state index < -0.39 is 0 Å². The van der Waals surface area contributed by atoms with E-state index in [1.807, 2.05) is 24.3 Å². The highest BCUT2D eigenvalue weighted by Gasteiger charge is 2.12. The van der Waals surface area contributed by atoms with Crippen LogP contribution in [-0.4, -0.2) is 24.6 Å². The lowest BCUT2D eigenvalue weighted by atomic mass is 9.96. The van der Waals surface area contributed by atoms with Crippen LogP contribution in [0.3, 0.4) is 0 Å². The van der Waals surface area contributed by atoms with Gasteiger partial charge in [0.15, 0.2) is 0 Å². The van der Waals surface area contributed by atoms with Gasteiger partial charge in [0.1, 0.15) is 11.9 Å². The molecule has 1 aromatic carbocycles. The van der Waals surface area contributed by atoms with E-state index in [0.717, 1.165) is 81.6 Å². The van der Waals surface area contributed by atoms with Gasteiger partial charge in [-0.15, -0.1) is 0 Å². The standard InChI is InChI=1S/C37H64O5S/c1-5-9-11-12-14-18-22-34(8-4)41-36(38)23-19-15-13-16-20-24-37(39)42-35-27-25-33(26-28-35)31-43-40-30-29-32(7-3)21-17-10-6-2/h25-28,32,34H,5-24,29-31H2,1-4H3. The van der Waals surface area contributed by atoms with Crippen LogP contribution in [0.2, 0.25) is 0 Å². The van der Waals surface area contributed by atoms with Crippen molar-refractivity contribution >= 4 is 24.0 Å². The van der Waals surface area contributed by atoms with E-state index in [4.69, 9.17) is 13.7 Å². The minimum Gasteiger partial charge on any atom is -0.462 e. The van der Waals surface area contributed by atoms with Crippen molar-refractivity contribution in [1.82, 2.24) is 0 Å². The maximum Gasteiger partial charge on any atom is 0.311 e. The Balaban J connectivity index is 2.06. The molecule has 5 nitrogen and oxygen atoms in total. The van der Waals surface area contributed by atoms with Crippen LogP contribution >= 0.6 is 12.0 Å². The monoisotopic (exact) mass is 620 g/mol. The van der Waals surface area contributed by atoms with Crippen LogP contribution in [0.15, 0.2) is 24.3 Å². The summed E-state index contributed by atoms with van der Waals surface area (Å²) in [7, 11) is 0. The molecule has 1 aromatic rings. The normalized spacial score (nSPS) is 12.7. The minimum absolute atomic E-state index is 0.0585. The van der Waals surface area contributed by atoms with E-state index >= 15 is 0 Å². The first-order valence-electron chi connectivity index (χ1n) is 17.8. The molecular formula is C37H64O5S. The first-order chi connectivity index (χ1) is 21.0. The third kappa shape index (κ3) is 22.6. The van der Waals surface area contributed by atoms with Crippen LogP contribution in [0.4, 0.5) is 0 Å². The Morgan fingerprint density at radius 2 is 1.23 bits per heavy atom. The van der Waals surface area contributed by atoms with Crippen molar-refractivity contribution in [3.05, 3.63) is 29.8 Å². The molecule has 0 spiro atoms. The summed E-state index contributed by atoms with van der Waals surface area (Å²) in [5, 5.41) is 0. The molecule has 6 heteroatoms. The average molecular weight is 621 g/mol.